The predicted molar refractivity (Wildman–Crippen MR) is 110 cm³/mol. The lowest BCUT2D eigenvalue weighted by atomic mass is 9.98. The molecule has 1 spiro atoms. The molecule has 4 rings (SSSR count). The first-order valence-electron chi connectivity index (χ1n) is 10.1. The van der Waals surface area contributed by atoms with Crippen LogP contribution in [0.2, 0.25) is 0 Å². The van der Waals surface area contributed by atoms with Gasteiger partial charge in [-0.05, 0) is 36.5 Å². The minimum atomic E-state index is -0.781. The summed E-state index contributed by atoms with van der Waals surface area (Å²) >= 11 is 0. The van der Waals surface area contributed by atoms with Gasteiger partial charge in [0, 0.05) is 0 Å². The van der Waals surface area contributed by atoms with E-state index in [4.69, 9.17) is 0 Å². The highest BCUT2D eigenvalue weighted by Gasteiger charge is 2.52. The zero-order valence-electron chi connectivity index (χ0n) is 16.5. The summed E-state index contributed by atoms with van der Waals surface area (Å²) in [5, 5.41) is 5.69. The molecule has 1 unspecified atom stereocenters. The standard InChI is InChI=1S/C23H25N3O3/c1-16(17-9-11-19(12-10-17)18-7-3-2-4-8-18)24-20(27)15-26-21(28)23(25-22(26)29)13-5-6-14-23/h2-4,7-12,16H,5-6,13-15H2,1H3,(H,24,27)(H,25,29). The minimum Gasteiger partial charge on any atom is -0.348 e. The van der Waals surface area contributed by atoms with E-state index in [9.17, 15) is 14.4 Å². The first-order chi connectivity index (χ1) is 14.0. The van der Waals surface area contributed by atoms with E-state index in [0.29, 0.717) is 12.8 Å². The smallest absolute Gasteiger partial charge is 0.325 e. The van der Waals surface area contributed by atoms with Crippen molar-refractivity contribution in [2.45, 2.75) is 44.2 Å². The van der Waals surface area contributed by atoms with Gasteiger partial charge in [0.15, 0.2) is 0 Å². The van der Waals surface area contributed by atoms with E-state index in [1.807, 2.05) is 49.4 Å². The Morgan fingerprint density at radius 1 is 1.03 bits per heavy atom. The van der Waals surface area contributed by atoms with Crippen molar-refractivity contribution in [3.8, 4) is 11.1 Å². The average Bonchev–Trinajstić information content (AvgIpc) is 3.29. The Balaban J connectivity index is 1.37. The van der Waals surface area contributed by atoms with Crippen LogP contribution < -0.4 is 10.6 Å². The van der Waals surface area contributed by atoms with E-state index in [2.05, 4.69) is 22.8 Å². The predicted octanol–water partition coefficient (Wildman–Crippen LogP) is 3.40. The first-order valence-corrected chi connectivity index (χ1v) is 10.1. The Morgan fingerprint density at radius 3 is 2.31 bits per heavy atom. The van der Waals surface area contributed by atoms with E-state index in [-0.39, 0.29) is 24.4 Å². The van der Waals surface area contributed by atoms with Crippen molar-refractivity contribution in [3.63, 3.8) is 0 Å². The van der Waals surface area contributed by atoms with E-state index < -0.39 is 11.6 Å². The molecule has 0 bridgehead atoms. The van der Waals surface area contributed by atoms with Crippen molar-refractivity contribution in [1.82, 2.24) is 15.5 Å². The lowest BCUT2D eigenvalue weighted by Gasteiger charge is -2.20. The summed E-state index contributed by atoms with van der Waals surface area (Å²) in [5.74, 6) is -0.613. The third-order valence-corrected chi connectivity index (χ3v) is 5.90. The molecular weight excluding hydrogens is 366 g/mol. The van der Waals surface area contributed by atoms with Gasteiger partial charge in [-0.15, -0.1) is 0 Å². The number of hydrogen-bond donors (Lipinski definition) is 2. The molecule has 1 saturated heterocycles. The fourth-order valence-electron chi connectivity index (χ4n) is 4.25. The number of amides is 4. The largest absolute Gasteiger partial charge is 0.348 e. The van der Waals surface area contributed by atoms with Crippen molar-refractivity contribution >= 4 is 17.8 Å². The molecule has 0 radical (unpaired) electrons. The van der Waals surface area contributed by atoms with E-state index in [1.165, 1.54) is 0 Å². The maximum atomic E-state index is 12.7. The van der Waals surface area contributed by atoms with Crippen LogP contribution in [0, 0.1) is 0 Å². The Kier molecular flexibility index (Phi) is 5.09. The monoisotopic (exact) mass is 391 g/mol. The van der Waals surface area contributed by atoms with Crippen LogP contribution in [0.15, 0.2) is 54.6 Å². The van der Waals surface area contributed by atoms with Crippen molar-refractivity contribution in [1.29, 1.82) is 0 Å². The van der Waals surface area contributed by atoms with E-state index >= 15 is 0 Å². The zero-order chi connectivity index (χ0) is 20.4. The summed E-state index contributed by atoms with van der Waals surface area (Å²) < 4.78 is 0. The minimum absolute atomic E-state index is 0.228. The Bertz CT molecular complexity index is 918. The van der Waals surface area contributed by atoms with E-state index in [1.54, 1.807) is 0 Å². The van der Waals surface area contributed by atoms with Gasteiger partial charge in [-0.3, -0.25) is 14.5 Å². The molecule has 150 valence electrons. The highest BCUT2D eigenvalue weighted by molar-refractivity contribution is 6.09. The van der Waals surface area contributed by atoms with Crippen LogP contribution in [0.5, 0.6) is 0 Å². The quantitative estimate of drug-likeness (QED) is 0.767. The van der Waals surface area contributed by atoms with Gasteiger partial charge in [-0.2, -0.15) is 0 Å². The highest BCUT2D eigenvalue weighted by Crippen LogP contribution is 2.34. The van der Waals surface area contributed by atoms with Crippen molar-refractivity contribution < 1.29 is 14.4 Å². The van der Waals surface area contributed by atoms with Gasteiger partial charge < -0.3 is 10.6 Å². The zero-order valence-corrected chi connectivity index (χ0v) is 16.5. The van der Waals surface area contributed by atoms with Crippen LogP contribution in [-0.2, 0) is 9.59 Å². The number of nitrogens with one attached hydrogen (secondary N) is 2. The van der Waals surface area contributed by atoms with Crippen LogP contribution in [0.4, 0.5) is 4.79 Å². The SMILES string of the molecule is CC(NC(=O)CN1C(=O)NC2(CCCC2)C1=O)c1ccc(-c2ccccc2)cc1. The molecule has 6 nitrogen and oxygen atoms in total. The number of imide groups is 1. The molecule has 1 atom stereocenters. The van der Waals surface area contributed by atoms with Gasteiger partial charge >= 0.3 is 6.03 Å². The lowest BCUT2D eigenvalue weighted by molar-refractivity contribution is -0.135. The third kappa shape index (κ3) is 3.75. The number of hydrogen-bond acceptors (Lipinski definition) is 3. The number of benzene rings is 2. The number of carbonyl (C=O) groups is 3. The van der Waals surface area contributed by atoms with Crippen LogP contribution in [0.3, 0.4) is 0 Å². The second-order valence-corrected chi connectivity index (χ2v) is 7.89. The van der Waals surface area contributed by atoms with Gasteiger partial charge in [0.2, 0.25) is 5.91 Å². The maximum Gasteiger partial charge on any atom is 0.325 e. The molecule has 0 aromatic heterocycles. The fraction of sp³-hybridized carbons (Fsp3) is 0.348. The van der Waals surface area contributed by atoms with Crippen LogP contribution in [0.1, 0.15) is 44.2 Å². The second-order valence-electron chi connectivity index (χ2n) is 7.89. The molecule has 2 aromatic carbocycles. The summed E-state index contributed by atoms with van der Waals surface area (Å²) in [7, 11) is 0. The van der Waals surface area contributed by atoms with Gasteiger partial charge in [-0.25, -0.2) is 4.79 Å². The molecule has 6 heteroatoms. The molecule has 29 heavy (non-hydrogen) atoms. The highest BCUT2D eigenvalue weighted by atomic mass is 16.2. The van der Waals surface area contributed by atoms with Gasteiger partial charge in [0.05, 0.1) is 6.04 Å². The number of carbonyl (C=O) groups excluding carboxylic acids is 3. The van der Waals surface area contributed by atoms with Crippen LogP contribution in [0.25, 0.3) is 11.1 Å². The molecule has 1 aliphatic carbocycles. The van der Waals surface area contributed by atoms with Crippen molar-refractivity contribution in [2.24, 2.45) is 0 Å². The molecule has 2 aliphatic rings. The van der Waals surface area contributed by atoms with Crippen molar-refractivity contribution in [2.75, 3.05) is 6.54 Å². The van der Waals surface area contributed by atoms with Crippen LogP contribution in [-0.4, -0.2) is 34.8 Å². The molecule has 2 N–H and O–H groups in total. The molecule has 1 saturated carbocycles. The summed E-state index contributed by atoms with van der Waals surface area (Å²) in [6.45, 7) is 1.64. The third-order valence-electron chi connectivity index (χ3n) is 5.90. The average molecular weight is 391 g/mol. The molecule has 1 heterocycles. The summed E-state index contributed by atoms with van der Waals surface area (Å²) in [4.78, 5) is 38.4. The lowest BCUT2D eigenvalue weighted by Crippen LogP contribution is -2.45. The second kappa shape index (κ2) is 7.70. The fourth-order valence-corrected chi connectivity index (χ4v) is 4.25. The normalized spacial score (nSPS) is 18.7. The topological polar surface area (TPSA) is 78.5 Å². The molecular formula is C23H25N3O3. The Morgan fingerprint density at radius 2 is 1.66 bits per heavy atom. The summed E-state index contributed by atoms with van der Waals surface area (Å²) in [6.07, 6.45) is 3.14. The van der Waals surface area contributed by atoms with Crippen LogP contribution >= 0.6 is 0 Å². The number of nitrogens with zero attached hydrogens (tertiary/aromatic N) is 1. The Hall–Kier alpha value is -3.15. The van der Waals surface area contributed by atoms with Gasteiger partial charge in [0.25, 0.3) is 5.91 Å². The molecule has 2 fully saturated rings. The molecule has 2 aromatic rings. The summed E-state index contributed by atoms with van der Waals surface area (Å²) in [5.41, 5.74) is 2.42. The maximum absolute atomic E-state index is 12.7. The summed E-state index contributed by atoms with van der Waals surface area (Å²) in [6, 6.07) is 17.4. The van der Waals surface area contributed by atoms with Gasteiger partial charge in [-0.1, -0.05) is 67.4 Å². The molecule has 1 aliphatic heterocycles. The first kappa shape index (κ1) is 19.2. The molecule has 4 amide bonds. The van der Waals surface area contributed by atoms with Crippen molar-refractivity contribution in [3.05, 3.63) is 60.2 Å². The number of rotatable bonds is 5. The van der Waals surface area contributed by atoms with Gasteiger partial charge in [0.1, 0.15) is 12.1 Å². The Labute approximate surface area is 170 Å². The number of urea groups is 1. The van der Waals surface area contributed by atoms with E-state index in [0.717, 1.165) is 34.4 Å².